The topological polar surface area (TPSA) is 32.3 Å². The molecule has 1 aliphatic carbocycles. The van der Waals surface area contributed by atoms with Crippen LogP contribution < -0.4 is 5.32 Å². The summed E-state index contributed by atoms with van der Waals surface area (Å²) in [4.78, 5) is 14.1. The molecule has 100 valence electrons. The van der Waals surface area contributed by atoms with Crippen molar-refractivity contribution >= 4 is 18.3 Å². The van der Waals surface area contributed by atoms with E-state index in [1.165, 1.54) is 25.7 Å². The lowest BCUT2D eigenvalue weighted by atomic mass is 9.80. The Hall–Kier alpha value is -0.280. The molecule has 1 saturated carbocycles. The molecule has 3 nitrogen and oxygen atoms in total. The van der Waals surface area contributed by atoms with E-state index in [0.29, 0.717) is 11.8 Å². The lowest BCUT2D eigenvalue weighted by molar-refractivity contribution is -0.133. The van der Waals surface area contributed by atoms with E-state index < -0.39 is 0 Å². The van der Waals surface area contributed by atoms with Gasteiger partial charge in [-0.15, -0.1) is 12.4 Å². The number of nitrogens with one attached hydrogen (secondary N) is 1. The van der Waals surface area contributed by atoms with Crippen LogP contribution >= 0.6 is 12.4 Å². The lowest BCUT2D eigenvalue weighted by Gasteiger charge is -2.31. The SMILES string of the molecule is CC1CCCC(CC(=O)N2CCNCC2)C1.Cl. The van der Waals surface area contributed by atoms with Gasteiger partial charge in [0.25, 0.3) is 0 Å². The Morgan fingerprint density at radius 1 is 1.29 bits per heavy atom. The molecule has 17 heavy (non-hydrogen) atoms. The first kappa shape index (κ1) is 14.8. The summed E-state index contributed by atoms with van der Waals surface area (Å²) in [5, 5.41) is 3.29. The molecule has 2 rings (SSSR count). The number of carbonyl (C=O) groups is 1. The predicted molar refractivity (Wildman–Crippen MR) is 72.4 cm³/mol. The van der Waals surface area contributed by atoms with Crippen LogP contribution in [0.25, 0.3) is 0 Å². The number of rotatable bonds is 2. The summed E-state index contributed by atoms with van der Waals surface area (Å²) in [5.74, 6) is 1.88. The highest BCUT2D eigenvalue weighted by Crippen LogP contribution is 2.31. The zero-order valence-electron chi connectivity index (χ0n) is 10.8. The second-order valence-corrected chi connectivity index (χ2v) is 5.47. The molecule has 4 heteroatoms. The van der Waals surface area contributed by atoms with Gasteiger partial charge in [0, 0.05) is 32.6 Å². The predicted octanol–water partition coefficient (Wildman–Crippen LogP) is 2.06. The standard InChI is InChI=1S/C13H24N2O.ClH/c1-11-3-2-4-12(9-11)10-13(16)15-7-5-14-6-8-15;/h11-12,14H,2-10H2,1H3;1H. The van der Waals surface area contributed by atoms with E-state index in [-0.39, 0.29) is 12.4 Å². The minimum absolute atomic E-state index is 0. The summed E-state index contributed by atoms with van der Waals surface area (Å²) in [6.07, 6.45) is 6.00. The summed E-state index contributed by atoms with van der Waals surface area (Å²) in [7, 11) is 0. The molecule has 1 aliphatic heterocycles. The number of hydrogen-bond donors (Lipinski definition) is 1. The Bertz CT molecular complexity index is 242. The summed E-state index contributed by atoms with van der Waals surface area (Å²) >= 11 is 0. The van der Waals surface area contributed by atoms with Crippen LogP contribution in [0.5, 0.6) is 0 Å². The first-order valence-corrected chi connectivity index (χ1v) is 6.74. The number of hydrogen-bond acceptors (Lipinski definition) is 2. The van der Waals surface area contributed by atoms with Gasteiger partial charge in [-0.2, -0.15) is 0 Å². The lowest BCUT2D eigenvalue weighted by Crippen LogP contribution is -2.46. The van der Waals surface area contributed by atoms with Crippen LogP contribution in [0.2, 0.25) is 0 Å². The summed E-state index contributed by atoms with van der Waals surface area (Å²) < 4.78 is 0. The quantitative estimate of drug-likeness (QED) is 0.824. The van der Waals surface area contributed by atoms with Crippen molar-refractivity contribution < 1.29 is 4.79 Å². The first-order valence-electron chi connectivity index (χ1n) is 6.74. The van der Waals surface area contributed by atoms with Crippen LogP contribution in [0.1, 0.15) is 39.0 Å². The van der Waals surface area contributed by atoms with Gasteiger partial charge < -0.3 is 10.2 Å². The molecule has 0 bridgehead atoms. The van der Waals surface area contributed by atoms with E-state index >= 15 is 0 Å². The van der Waals surface area contributed by atoms with Gasteiger partial charge in [-0.3, -0.25) is 4.79 Å². The van der Waals surface area contributed by atoms with Crippen LogP contribution in [0, 0.1) is 11.8 Å². The Morgan fingerprint density at radius 3 is 2.65 bits per heavy atom. The molecule has 2 fully saturated rings. The molecule has 0 radical (unpaired) electrons. The van der Waals surface area contributed by atoms with Crippen LogP contribution in [0.3, 0.4) is 0 Å². The molecular weight excluding hydrogens is 236 g/mol. The zero-order valence-corrected chi connectivity index (χ0v) is 11.6. The smallest absolute Gasteiger partial charge is 0.222 e. The van der Waals surface area contributed by atoms with Crippen LogP contribution in [0.15, 0.2) is 0 Å². The highest BCUT2D eigenvalue weighted by Gasteiger charge is 2.24. The number of piperazine rings is 1. The molecule has 1 heterocycles. The van der Waals surface area contributed by atoms with Gasteiger partial charge in [0.05, 0.1) is 0 Å². The van der Waals surface area contributed by atoms with Crippen molar-refractivity contribution in [2.75, 3.05) is 26.2 Å². The molecule has 1 saturated heterocycles. The van der Waals surface area contributed by atoms with Gasteiger partial charge in [0.2, 0.25) is 5.91 Å². The molecule has 1 amide bonds. The average Bonchev–Trinajstić information content (AvgIpc) is 2.30. The van der Waals surface area contributed by atoms with Crippen molar-refractivity contribution in [2.45, 2.75) is 39.0 Å². The molecule has 1 N–H and O–H groups in total. The average molecular weight is 261 g/mol. The molecular formula is C13H25ClN2O. The minimum atomic E-state index is 0. The van der Waals surface area contributed by atoms with Gasteiger partial charge in [0.1, 0.15) is 0 Å². The summed E-state index contributed by atoms with van der Waals surface area (Å²) in [6, 6.07) is 0. The fraction of sp³-hybridized carbons (Fsp3) is 0.923. The Labute approximate surface area is 111 Å². The van der Waals surface area contributed by atoms with Crippen molar-refractivity contribution in [1.29, 1.82) is 0 Å². The Balaban J connectivity index is 0.00000144. The highest BCUT2D eigenvalue weighted by atomic mass is 35.5. The fourth-order valence-electron chi connectivity index (χ4n) is 3.04. The van der Waals surface area contributed by atoms with Crippen LogP contribution in [0.4, 0.5) is 0 Å². The third-order valence-electron chi connectivity index (χ3n) is 3.98. The van der Waals surface area contributed by atoms with Crippen molar-refractivity contribution in [3.8, 4) is 0 Å². The normalized spacial score (nSPS) is 29.6. The van der Waals surface area contributed by atoms with Gasteiger partial charge in [-0.25, -0.2) is 0 Å². The van der Waals surface area contributed by atoms with Gasteiger partial charge in [-0.1, -0.05) is 19.8 Å². The van der Waals surface area contributed by atoms with Crippen molar-refractivity contribution in [3.05, 3.63) is 0 Å². The zero-order chi connectivity index (χ0) is 11.4. The summed E-state index contributed by atoms with van der Waals surface area (Å²) in [6.45, 7) is 6.06. The first-order chi connectivity index (χ1) is 7.75. The van der Waals surface area contributed by atoms with Crippen LogP contribution in [-0.4, -0.2) is 37.0 Å². The molecule has 2 unspecified atom stereocenters. The molecule has 0 aromatic rings. The molecule has 0 aromatic carbocycles. The molecule has 2 aliphatic rings. The second-order valence-electron chi connectivity index (χ2n) is 5.47. The van der Waals surface area contributed by atoms with Gasteiger partial charge in [0.15, 0.2) is 0 Å². The van der Waals surface area contributed by atoms with E-state index in [4.69, 9.17) is 0 Å². The monoisotopic (exact) mass is 260 g/mol. The van der Waals surface area contributed by atoms with E-state index in [1.807, 2.05) is 4.90 Å². The van der Waals surface area contributed by atoms with Crippen molar-refractivity contribution in [1.82, 2.24) is 10.2 Å². The molecule has 0 aromatic heterocycles. The third-order valence-corrected chi connectivity index (χ3v) is 3.98. The van der Waals surface area contributed by atoms with E-state index in [1.54, 1.807) is 0 Å². The third kappa shape index (κ3) is 4.47. The summed E-state index contributed by atoms with van der Waals surface area (Å²) in [5.41, 5.74) is 0. The molecule has 0 spiro atoms. The van der Waals surface area contributed by atoms with E-state index in [2.05, 4.69) is 12.2 Å². The van der Waals surface area contributed by atoms with Crippen LogP contribution in [-0.2, 0) is 4.79 Å². The number of nitrogens with zero attached hydrogens (tertiary/aromatic N) is 1. The fourth-order valence-corrected chi connectivity index (χ4v) is 3.04. The second kappa shape index (κ2) is 7.22. The van der Waals surface area contributed by atoms with E-state index in [0.717, 1.165) is 38.5 Å². The molecule has 2 atom stereocenters. The number of carbonyl (C=O) groups excluding carboxylic acids is 1. The van der Waals surface area contributed by atoms with Gasteiger partial charge in [-0.05, 0) is 24.7 Å². The Kier molecular flexibility index (Phi) is 6.28. The maximum absolute atomic E-state index is 12.1. The maximum atomic E-state index is 12.1. The minimum Gasteiger partial charge on any atom is -0.340 e. The van der Waals surface area contributed by atoms with Crippen molar-refractivity contribution in [2.24, 2.45) is 11.8 Å². The highest BCUT2D eigenvalue weighted by molar-refractivity contribution is 5.85. The maximum Gasteiger partial charge on any atom is 0.222 e. The largest absolute Gasteiger partial charge is 0.340 e. The van der Waals surface area contributed by atoms with Crippen molar-refractivity contribution in [3.63, 3.8) is 0 Å². The van der Waals surface area contributed by atoms with E-state index in [9.17, 15) is 4.79 Å². The number of amides is 1. The number of halogens is 1. The Morgan fingerprint density at radius 2 is 2.00 bits per heavy atom. The van der Waals surface area contributed by atoms with Gasteiger partial charge >= 0.3 is 0 Å².